The van der Waals surface area contributed by atoms with Crippen LogP contribution in [0.2, 0.25) is 0 Å². The van der Waals surface area contributed by atoms with Crippen LogP contribution < -0.4 is 0 Å². The predicted molar refractivity (Wildman–Crippen MR) is 72.1 cm³/mol. The fourth-order valence-electron chi connectivity index (χ4n) is 3.36. The fraction of sp³-hybridized carbons (Fsp3) is 0.933. The summed E-state index contributed by atoms with van der Waals surface area (Å²) >= 11 is 0. The topological polar surface area (TPSA) is 46.5 Å². The summed E-state index contributed by atoms with van der Waals surface area (Å²) in [5.41, 5.74) is -0.905. The second kappa shape index (κ2) is 6.05. The third-order valence-electron chi connectivity index (χ3n) is 4.37. The number of carbonyl (C=O) groups is 1. The van der Waals surface area contributed by atoms with E-state index in [1.807, 2.05) is 20.8 Å². The molecule has 1 aliphatic rings. The largest absolute Gasteiger partial charge is 0.466 e. The maximum absolute atomic E-state index is 12.2. The van der Waals surface area contributed by atoms with Crippen molar-refractivity contribution in [3.63, 3.8) is 0 Å². The molecule has 4 unspecified atom stereocenters. The Bertz CT molecular complexity index is 287. The van der Waals surface area contributed by atoms with Crippen molar-refractivity contribution in [1.82, 2.24) is 0 Å². The first-order valence-corrected chi connectivity index (χ1v) is 7.21. The Kier molecular flexibility index (Phi) is 5.20. The van der Waals surface area contributed by atoms with Gasteiger partial charge in [0, 0.05) is 0 Å². The van der Waals surface area contributed by atoms with Gasteiger partial charge in [0.1, 0.15) is 0 Å². The van der Waals surface area contributed by atoms with E-state index in [0.717, 1.165) is 12.8 Å². The zero-order valence-electron chi connectivity index (χ0n) is 12.4. The van der Waals surface area contributed by atoms with Gasteiger partial charge in [0.25, 0.3) is 0 Å². The molecule has 106 valence electrons. The van der Waals surface area contributed by atoms with E-state index in [0.29, 0.717) is 18.9 Å². The van der Waals surface area contributed by atoms with Crippen molar-refractivity contribution in [1.29, 1.82) is 0 Å². The van der Waals surface area contributed by atoms with Gasteiger partial charge < -0.3 is 9.84 Å². The summed E-state index contributed by atoms with van der Waals surface area (Å²) in [4.78, 5) is 12.2. The molecule has 0 radical (unpaired) electrons. The normalized spacial score (nSPS) is 34.4. The Morgan fingerprint density at radius 2 is 2.00 bits per heavy atom. The minimum Gasteiger partial charge on any atom is -0.466 e. The quantitative estimate of drug-likeness (QED) is 0.786. The number of rotatable bonds is 4. The SMILES string of the molecule is CCOC(=O)C(C(C)C)C1(O)CC(C)CCC1C. The second-order valence-corrected chi connectivity index (χ2v) is 6.25. The van der Waals surface area contributed by atoms with Crippen molar-refractivity contribution in [3.8, 4) is 0 Å². The Balaban J connectivity index is 2.98. The minimum absolute atomic E-state index is 0.0989. The molecule has 0 aromatic heterocycles. The van der Waals surface area contributed by atoms with Crippen LogP contribution in [0.15, 0.2) is 0 Å². The molecule has 0 saturated heterocycles. The Hall–Kier alpha value is -0.570. The summed E-state index contributed by atoms with van der Waals surface area (Å²) in [5, 5.41) is 11.0. The van der Waals surface area contributed by atoms with Crippen LogP contribution in [0, 0.1) is 23.7 Å². The highest BCUT2D eigenvalue weighted by molar-refractivity contribution is 5.74. The van der Waals surface area contributed by atoms with Crippen LogP contribution in [0.1, 0.15) is 53.9 Å². The molecule has 0 aliphatic heterocycles. The van der Waals surface area contributed by atoms with Crippen molar-refractivity contribution in [2.45, 2.75) is 59.5 Å². The third-order valence-corrected chi connectivity index (χ3v) is 4.37. The average molecular weight is 256 g/mol. The van der Waals surface area contributed by atoms with Crippen molar-refractivity contribution in [2.75, 3.05) is 6.61 Å². The zero-order valence-corrected chi connectivity index (χ0v) is 12.4. The van der Waals surface area contributed by atoms with E-state index >= 15 is 0 Å². The highest BCUT2D eigenvalue weighted by Crippen LogP contribution is 2.44. The number of hydrogen-bond donors (Lipinski definition) is 1. The van der Waals surface area contributed by atoms with Gasteiger partial charge in [-0.05, 0) is 37.5 Å². The molecule has 0 aromatic carbocycles. The number of hydrogen-bond acceptors (Lipinski definition) is 3. The lowest BCUT2D eigenvalue weighted by molar-refractivity contribution is -0.173. The smallest absolute Gasteiger partial charge is 0.312 e. The number of esters is 1. The van der Waals surface area contributed by atoms with Gasteiger partial charge in [-0.25, -0.2) is 0 Å². The van der Waals surface area contributed by atoms with E-state index < -0.39 is 11.5 Å². The van der Waals surface area contributed by atoms with Gasteiger partial charge in [-0.2, -0.15) is 0 Å². The van der Waals surface area contributed by atoms with Gasteiger partial charge in [0.2, 0.25) is 0 Å². The molecule has 0 amide bonds. The first-order valence-electron chi connectivity index (χ1n) is 7.21. The fourth-order valence-corrected chi connectivity index (χ4v) is 3.36. The van der Waals surface area contributed by atoms with Crippen molar-refractivity contribution in [3.05, 3.63) is 0 Å². The van der Waals surface area contributed by atoms with Gasteiger partial charge >= 0.3 is 5.97 Å². The van der Waals surface area contributed by atoms with Crippen molar-refractivity contribution >= 4 is 5.97 Å². The van der Waals surface area contributed by atoms with Gasteiger partial charge in [-0.3, -0.25) is 4.79 Å². The number of carbonyl (C=O) groups excluding carboxylic acids is 1. The van der Waals surface area contributed by atoms with Gasteiger partial charge in [-0.15, -0.1) is 0 Å². The summed E-state index contributed by atoms with van der Waals surface area (Å²) in [6.45, 7) is 10.4. The third kappa shape index (κ3) is 3.05. The molecule has 0 bridgehead atoms. The second-order valence-electron chi connectivity index (χ2n) is 6.25. The van der Waals surface area contributed by atoms with Crippen molar-refractivity contribution in [2.24, 2.45) is 23.7 Å². The standard InChI is InChI=1S/C15H28O3/c1-6-18-14(16)13(10(2)3)15(17)9-11(4)7-8-12(15)5/h10-13,17H,6-9H2,1-5H3. The first kappa shape index (κ1) is 15.5. The molecular formula is C15H28O3. The van der Waals surface area contributed by atoms with Crippen LogP contribution in [0.5, 0.6) is 0 Å². The van der Waals surface area contributed by atoms with Crippen LogP contribution >= 0.6 is 0 Å². The van der Waals surface area contributed by atoms with E-state index in [4.69, 9.17) is 4.74 Å². The maximum atomic E-state index is 12.2. The molecule has 1 saturated carbocycles. The van der Waals surface area contributed by atoms with Crippen LogP contribution in [0.4, 0.5) is 0 Å². The predicted octanol–water partition coefficient (Wildman–Crippen LogP) is 3.01. The Morgan fingerprint density at radius 3 is 2.50 bits per heavy atom. The Labute approximate surface area is 111 Å². The minimum atomic E-state index is -0.905. The summed E-state index contributed by atoms with van der Waals surface area (Å²) in [6, 6.07) is 0. The molecule has 4 atom stereocenters. The first-order chi connectivity index (χ1) is 8.32. The molecule has 1 N–H and O–H groups in total. The molecule has 0 spiro atoms. The molecule has 0 aromatic rings. The lowest BCUT2D eigenvalue weighted by atomic mass is 9.63. The van der Waals surface area contributed by atoms with Crippen molar-refractivity contribution < 1.29 is 14.6 Å². The number of ether oxygens (including phenoxy) is 1. The number of aliphatic hydroxyl groups is 1. The molecule has 18 heavy (non-hydrogen) atoms. The lowest BCUT2D eigenvalue weighted by Gasteiger charge is -2.46. The molecule has 3 heteroatoms. The molecule has 1 fully saturated rings. The van der Waals surface area contributed by atoms with E-state index in [2.05, 4.69) is 13.8 Å². The molecule has 1 aliphatic carbocycles. The van der Waals surface area contributed by atoms with Gasteiger partial charge in [0.05, 0.1) is 18.1 Å². The van der Waals surface area contributed by atoms with Crippen LogP contribution in [0.25, 0.3) is 0 Å². The molecule has 3 nitrogen and oxygen atoms in total. The van der Waals surface area contributed by atoms with Crippen LogP contribution in [-0.2, 0) is 9.53 Å². The van der Waals surface area contributed by atoms with Gasteiger partial charge in [0.15, 0.2) is 0 Å². The molecular weight excluding hydrogens is 228 g/mol. The van der Waals surface area contributed by atoms with E-state index in [1.165, 1.54) is 0 Å². The summed E-state index contributed by atoms with van der Waals surface area (Å²) in [7, 11) is 0. The lowest BCUT2D eigenvalue weighted by Crippen LogP contribution is -2.53. The van der Waals surface area contributed by atoms with Gasteiger partial charge in [-0.1, -0.05) is 34.1 Å². The maximum Gasteiger partial charge on any atom is 0.312 e. The molecule has 1 rings (SSSR count). The van der Waals surface area contributed by atoms with Crippen LogP contribution in [0.3, 0.4) is 0 Å². The monoisotopic (exact) mass is 256 g/mol. The van der Waals surface area contributed by atoms with E-state index in [9.17, 15) is 9.90 Å². The Morgan fingerprint density at radius 1 is 1.39 bits per heavy atom. The summed E-state index contributed by atoms with van der Waals surface area (Å²) < 4.78 is 5.17. The summed E-state index contributed by atoms with van der Waals surface area (Å²) in [6.07, 6.45) is 2.83. The van der Waals surface area contributed by atoms with E-state index in [-0.39, 0.29) is 17.8 Å². The highest BCUT2D eigenvalue weighted by atomic mass is 16.5. The van der Waals surface area contributed by atoms with Crippen LogP contribution in [-0.4, -0.2) is 23.3 Å². The zero-order chi connectivity index (χ0) is 13.9. The average Bonchev–Trinajstić information content (AvgIpc) is 2.23. The van der Waals surface area contributed by atoms with E-state index in [1.54, 1.807) is 0 Å². The summed E-state index contributed by atoms with van der Waals surface area (Å²) in [5.74, 6) is 0.0836. The molecule has 0 heterocycles. The highest BCUT2D eigenvalue weighted by Gasteiger charge is 2.50.